The minimum Gasteiger partial charge on any atom is -0.342 e. The Kier molecular flexibility index (Phi) is 5.22. The predicted molar refractivity (Wildman–Crippen MR) is 77.8 cm³/mol. The van der Waals surface area contributed by atoms with Crippen molar-refractivity contribution in [3.8, 4) is 0 Å². The molecular formula is C15H29N3O. The van der Waals surface area contributed by atoms with Gasteiger partial charge in [0.15, 0.2) is 0 Å². The third-order valence-corrected chi connectivity index (χ3v) is 4.93. The number of hydrogen-bond donors (Lipinski definition) is 1. The molecule has 2 unspecified atom stereocenters. The second-order valence-electron chi connectivity index (χ2n) is 6.46. The van der Waals surface area contributed by atoms with Crippen LogP contribution in [0.2, 0.25) is 0 Å². The molecule has 1 heterocycles. The van der Waals surface area contributed by atoms with E-state index in [-0.39, 0.29) is 5.91 Å². The van der Waals surface area contributed by atoms with Crippen molar-refractivity contribution < 1.29 is 4.79 Å². The summed E-state index contributed by atoms with van der Waals surface area (Å²) in [4.78, 5) is 16.6. The Morgan fingerprint density at radius 1 is 1.26 bits per heavy atom. The number of hydrogen-bond acceptors (Lipinski definition) is 3. The third-order valence-electron chi connectivity index (χ3n) is 4.93. The molecule has 0 radical (unpaired) electrons. The zero-order chi connectivity index (χ0) is 13.8. The highest BCUT2D eigenvalue weighted by atomic mass is 16.2. The second-order valence-corrected chi connectivity index (χ2v) is 6.46. The molecule has 0 bridgehead atoms. The molecule has 1 aliphatic carbocycles. The van der Waals surface area contributed by atoms with Crippen molar-refractivity contribution in [1.29, 1.82) is 0 Å². The average Bonchev–Trinajstić information content (AvgIpc) is 2.43. The normalized spacial score (nSPS) is 30.3. The van der Waals surface area contributed by atoms with Gasteiger partial charge in [0.25, 0.3) is 0 Å². The van der Waals surface area contributed by atoms with Crippen LogP contribution in [-0.4, -0.2) is 54.5 Å². The van der Waals surface area contributed by atoms with E-state index in [1.165, 1.54) is 32.1 Å². The van der Waals surface area contributed by atoms with Crippen LogP contribution in [0.15, 0.2) is 0 Å². The topological polar surface area (TPSA) is 49.6 Å². The molecule has 1 saturated heterocycles. The Morgan fingerprint density at radius 2 is 1.95 bits per heavy atom. The summed E-state index contributed by atoms with van der Waals surface area (Å²) in [6, 6.07) is 0.785. The van der Waals surface area contributed by atoms with Gasteiger partial charge in [0, 0.05) is 32.2 Å². The fraction of sp³-hybridized carbons (Fsp3) is 0.933. The van der Waals surface area contributed by atoms with Gasteiger partial charge in [-0.25, -0.2) is 0 Å². The fourth-order valence-corrected chi connectivity index (χ4v) is 3.37. The summed E-state index contributed by atoms with van der Waals surface area (Å²) in [6.45, 7) is 4.69. The lowest BCUT2D eigenvalue weighted by molar-refractivity contribution is -0.134. The summed E-state index contributed by atoms with van der Waals surface area (Å²) < 4.78 is 0. The molecule has 2 rings (SSSR count). The van der Waals surface area contributed by atoms with Gasteiger partial charge in [-0.1, -0.05) is 26.2 Å². The molecule has 0 aromatic rings. The van der Waals surface area contributed by atoms with E-state index in [2.05, 4.69) is 11.8 Å². The van der Waals surface area contributed by atoms with Gasteiger partial charge in [-0.15, -0.1) is 0 Å². The lowest BCUT2D eigenvalue weighted by Gasteiger charge is -2.37. The van der Waals surface area contributed by atoms with E-state index in [0.717, 1.165) is 19.5 Å². The van der Waals surface area contributed by atoms with Crippen molar-refractivity contribution in [2.45, 2.75) is 57.5 Å². The fourth-order valence-electron chi connectivity index (χ4n) is 3.37. The number of piperidine rings is 1. The quantitative estimate of drug-likeness (QED) is 0.842. The van der Waals surface area contributed by atoms with Gasteiger partial charge < -0.3 is 10.6 Å². The first-order valence-electron chi connectivity index (χ1n) is 7.81. The first-order chi connectivity index (χ1) is 9.08. The van der Waals surface area contributed by atoms with Crippen molar-refractivity contribution >= 4 is 5.91 Å². The maximum atomic E-state index is 12.4. The Hall–Kier alpha value is -0.610. The van der Waals surface area contributed by atoms with Crippen molar-refractivity contribution in [2.75, 3.05) is 26.7 Å². The molecular weight excluding hydrogens is 238 g/mol. The standard InChI is InChI=1S/C15H29N3O/c1-12-10-18(9-8-14(12)16)11-15(19)17(2)13-6-4-3-5-7-13/h12-14H,3-11,16H2,1-2H3. The molecule has 1 aliphatic heterocycles. The van der Waals surface area contributed by atoms with Crippen molar-refractivity contribution in [3.63, 3.8) is 0 Å². The van der Waals surface area contributed by atoms with Gasteiger partial charge in [-0.05, 0) is 25.2 Å². The van der Waals surface area contributed by atoms with E-state index < -0.39 is 0 Å². The smallest absolute Gasteiger partial charge is 0.236 e. The Labute approximate surface area is 117 Å². The van der Waals surface area contributed by atoms with Gasteiger partial charge in [0.05, 0.1) is 6.54 Å². The van der Waals surface area contributed by atoms with E-state index in [1.54, 1.807) is 0 Å². The van der Waals surface area contributed by atoms with E-state index in [9.17, 15) is 4.79 Å². The van der Waals surface area contributed by atoms with Gasteiger partial charge in [-0.3, -0.25) is 9.69 Å². The summed E-state index contributed by atoms with van der Waals surface area (Å²) in [5, 5.41) is 0. The average molecular weight is 267 g/mol. The van der Waals surface area contributed by atoms with E-state index in [0.29, 0.717) is 24.5 Å². The van der Waals surface area contributed by atoms with Crippen LogP contribution in [0.4, 0.5) is 0 Å². The van der Waals surface area contributed by atoms with Crippen LogP contribution in [0.5, 0.6) is 0 Å². The monoisotopic (exact) mass is 267 g/mol. The highest BCUT2D eigenvalue weighted by Crippen LogP contribution is 2.22. The number of amides is 1. The predicted octanol–water partition coefficient (Wildman–Crippen LogP) is 1.45. The molecule has 1 saturated carbocycles. The van der Waals surface area contributed by atoms with Crippen LogP contribution < -0.4 is 5.73 Å². The van der Waals surface area contributed by atoms with Crippen LogP contribution in [0.25, 0.3) is 0 Å². The number of likely N-dealkylation sites (N-methyl/N-ethyl adjacent to an activating group) is 1. The molecule has 0 aromatic heterocycles. The van der Waals surface area contributed by atoms with Gasteiger partial charge in [0.2, 0.25) is 5.91 Å². The maximum Gasteiger partial charge on any atom is 0.236 e. The van der Waals surface area contributed by atoms with E-state index >= 15 is 0 Å². The summed E-state index contributed by atoms with van der Waals surface area (Å²) in [7, 11) is 1.98. The van der Waals surface area contributed by atoms with E-state index in [4.69, 9.17) is 5.73 Å². The number of nitrogens with zero attached hydrogens (tertiary/aromatic N) is 2. The lowest BCUT2D eigenvalue weighted by Crippen LogP contribution is -2.50. The number of likely N-dealkylation sites (tertiary alicyclic amines) is 1. The van der Waals surface area contributed by atoms with Crippen LogP contribution in [0.3, 0.4) is 0 Å². The summed E-state index contributed by atoms with van der Waals surface area (Å²) in [5.41, 5.74) is 6.03. The molecule has 4 heteroatoms. The highest BCUT2D eigenvalue weighted by molar-refractivity contribution is 5.78. The number of carbonyl (C=O) groups is 1. The first kappa shape index (κ1) is 14.8. The number of nitrogens with two attached hydrogens (primary N) is 1. The first-order valence-corrected chi connectivity index (χ1v) is 7.81. The van der Waals surface area contributed by atoms with Gasteiger partial charge in [-0.2, -0.15) is 0 Å². The molecule has 1 amide bonds. The largest absolute Gasteiger partial charge is 0.342 e. The SMILES string of the molecule is CC1CN(CC(=O)N(C)C2CCCCC2)CCC1N. The second kappa shape index (κ2) is 6.71. The molecule has 110 valence electrons. The van der Waals surface area contributed by atoms with Crippen LogP contribution >= 0.6 is 0 Å². The molecule has 2 fully saturated rings. The third kappa shape index (κ3) is 3.93. The van der Waals surface area contributed by atoms with Crippen molar-refractivity contribution in [1.82, 2.24) is 9.80 Å². The maximum absolute atomic E-state index is 12.4. The molecule has 2 N–H and O–H groups in total. The van der Waals surface area contributed by atoms with Gasteiger partial charge >= 0.3 is 0 Å². The van der Waals surface area contributed by atoms with Crippen molar-refractivity contribution in [3.05, 3.63) is 0 Å². The van der Waals surface area contributed by atoms with E-state index in [1.807, 2.05) is 11.9 Å². The molecule has 0 aromatic carbocycles. The van der Waals surface area contributed by atoms with Gasteiger partial charge in [0.1, 0.15) is 0 Å². The minimum absolute atomic E-state index is 0.287. The minimum atomic E-state index is 0.287. The number of carbonyl (C=O) groups excluding carboxylic acids is 1. The summed E-state index contributed by atoms with van der Waals surface area (Å²) in [5.74, 6) is 0.788. The Balaban J connectivity index is 1.79. The molecule has 19 heavy (non-hydrogen) atoms. The number of rotatable bonds is 3. The molecule has 2 atom stereocenters. The van der Waals surface area contributed by atoms with Crippen LogP contribution in [0, 0.1) is 5.92 Å². The molecule has 2 aliphatic rings. The molecule has 0 spiro atoms. The lowest BCUT2D eigenvalue weighted by atomic mass is 9.94. The summed E-state index contributed by atoms with van der Waals surface area (Å²) >= 11 is 0. The zero-order valence-corrected chi connectivity index (χ0v) is 12.5. The van der Waals surface area contributed by atoms with Crippen LogP contribution in [-0.2, 0) is 4.79 Å². The summed E-state index contributed by atoms with van der Waals surface area (Å²) in [6.07, 6.45) is 7.27. The highest BCUT2D eigenvalue weighted by Gasteiger charge is 2.27. The molecule has 4 nitrogen and oxygen atoms in total. The zero-order valence-electron chi connectivity index (χ0n) is 12.5. The Bertz CT molecular complexity index is 302. The van der Waals surface area contributed by atoms with Crippen molar-refractivity contribution in [2.24, 2.45) is 11.7 Å². The Morgan fingerprint density at radius 3 is 2.58 bits per heavy atom. The van der Waals surface area contributed by atoms with Crippen LogP contribution in [0.1, 0.15) is 45.4 Å².